The van der Waals surface area contributed by atoms with E-state index in [-0.39, 0.29) is 24.6 Å². The van der Waals surface area contributed by atoms with Crippen LogP contribution in [0.3, 0.4) is 0 Å². The third-order valence-electron chi connectivity index (χ3n) is 5.25. The fraction of sp³-hybridized carbons (Fsp3) is 0.160. The van der Waals surface area contributed by atoms with E-state index in [1.165, 1.54) is 17.0 Å². The smallest absolute Gasteiger partial charge is 0.416 e. The Kier molecular flexibility index (Phi) is 6.36. The first-order valence-corrected chi connectivity index (χ1v) is 10.3. The fourth-order valence-corrected chi connectivity index (χ4v) is 3.59. The van der Waals surface area contributed by atoms with Gasteiger partial charge in [-0.25, -0.2) is 0 Å². The number of halogens is 3. The first kappa shape index (κ1) is 23.0. The van der Waals surface area contributed by atoms with E-state index in [0.717, 1.165) is 17.7 Å². The molecule has 1 aliphatic heterocycles. The maximum Gasteiger partial charge on any atom is 0.416 e. The Morgan fingerprint density at radius 3 is 2.50 bits per heavy atom. The number of para-hydroxylation sites is 2. The number of hydrogen-bond donors (Lipinski definition) is 1. The molecule has 0 aromatic heterocycles. The van der Waals surface area contributed by atoms with Gasteiger partial charge in [-0.15, -0.1) is 0 Å². The first-order chi connectivity index (χ1) is 16.2. The van der Waals surface area contributed by atoms with Crippen molar-refractivity contribution in [1.29, 1.82) is 0 Å². The predicted molar refractivity (Wildman–Crippen MR) is 123 cm³/mol. The van der Waals surface area contributed by atoms with E-state index in [2.05, 4.69) is 10.3 Å². The van der Waals surface area contributed by atoms with Crippen LogP contribution in [-0.2, 0) is 15.8 Å². The number of anilines is 2. The SMILES string of the molecule is COc1ccc(C2=Nc3ccccc3N(CC(=O)Nc3cccc(C(F)(F)F)c3)C(=O)C2)cc1. The highest BCUT2D eigenvalue weighted by Gasteiger charge is 2.31. The number of hydrogen-bond acceptors (Lipinski definition) is 4. The average molecular weight is 467 g/mol. The van der Waals surface area contributed by atoms with Gasteiger partial charge in [-0.1, -0.05) is 18.2 Å². The summed E-state index contributed by atoms with van der Waals surface area (Å²) in [6, 6.07) is 18.3. The number of carbonyl (C=O) groups is 2. The largest absolute Gasteiger partial charge is 0.497 e. The molecule has 34 heavy (non-hydrogen) atoms. The molecule has 174 valence electrons. The molecule has 1 heterocycles. The molecule has 0 radical (unpaired) electrons. The fourth-order valence-electron chi connectivity index (χ4n) is 3.59. The van der Waals surface area contributed by atoms with Crippen LogP contribution in [0.4, 0.5) is 30.2 Å². The Balaban J connectivity index is 1.57. The molecule has 1 N–H and O–H groups in total. The second-order valence-electron chi connectivity index (χ2n) is 7.56. The molecule has 0 saturated carbocycles. The van der Waals surface area contributed by atoms with Gasteiger partial charge >= 0.3 is 6.18 Å². The van der Waals surface area contributed by atoms with Crippen LogP contribution in [0.2, 0.25) is 0 Å². The van der Waals surface area contributed by atoms with Crippen molar-refractivity contribution < 1.29 is 27.5 Å². The Labute approximate surface area is 193 Å². The van der Waals surface area contributed by atoms with Crippen molar-refractivity contribution in [3.63, 3.8) is 0 Å². The van der Waals surface area contributed by atoms with Crippen molar-refractivity contribution in [1.82, 2.24) is 0 Å². The molecule has 9 heteroatoms. The number of rotatable bonds is 5. The number of nitrogens with zero attached hydrogens (tertiary/aromatic N) is 2. The third-order valence-corrected chi connectivity index (χ3v) is 5.25. The number of ether oxygens (including phenoxy) is 1. The summed E-state index contributed by atoms with van der Waals surface area (Å²) < 4.78 is 44.1. The van der Waals surface area contributed by atoms with Gasteiger partial charge in [0, 0.05) is 5.69 Å². The zero-order chi connectivity index (χ0) is 24.3. The number of carbonyl (C=O) groups excluding carboxylic acids is 2. The van der Waals surface area contributed by atoms with Crippen molar-refractivity contribution in [3.05, 3.63) is 83.9 Å². The molecule has 2 amide bonds. The van der Waals surface area contributed by atoms with E-state index < -0.39 is 17.6 Å². The van der Waals surface area contributed by atoms with E-state index in [1.807, 2.05) is 0 Å². The number of aliphatic imine (C=N–C) groups is 1. The van der Waals surface area contributed by atoms with Crippen LogP contribution in [-0.4, -0.2) is 31.2 Å². The van der Waals surface area contributed by atoms with Gasteiger partial charge in [0.25, 0.3) is 0 Å². The molecule has 0 spiro atoms. The normalized spacial score (nSPS) is 13.6. The van der Waals surface area contributed by atoms with E-state index in [9.17, 15) is 22.8 Å². The lowest BCUT2D eigenvalue weighted by Crippen LogP contribution is -2.38. The molecule has 3 aromatic rings. The Morgan fingerprint density at radius 2 is 1.79 bits per heavy atom. The van der Waals surface area contributed by atoms with Crippen LogP contribution in [0.1, 0.15) is 17.5 Å². The zero-order valence-corrected chi connectivity index (χ0v) is 18.1. The highest BCUT2D eigenvalue weighted by molar-refractivity contribution is 6.19. The topological polar surface area (TPSA) is 71.0 Å². The van der Waals surface area contributed by atoms with Crippen molar-refractivity contribution in [2.24, 2.45) is 4.99 Å². The summed E-state index contributed by atoms with van der Waals surface area (Å²) in [5.41, 5.74) is 1.32. The zero-order valence-electron chi connectivity index (χ0n) is 18.1. The summed E-state index contributed by atoms with van der Waals surface area (Å²) in [6.45, 7) is -0.377. The molecule has 0 bridgehead atoms. The van der Waals surface area contributed by atoms with Gasteiger partial charge in [-0.2, -0.15) is 13.2 Å². The molecule has 1 aliphatic rings. The molecular formula is C25H20F3N3O3. The van der Waals surface area contributed by atoms with Crippen LogP contribution in [0.15, 0.2) is 77.8 Å². The number of nitrogens with one attached hydrogen (secondary N) is 1. The van der Waals surface area contributed by atoms with Crippen LogP contribution in [0.5, 0.6) is 5.75 Å². The number of benzene rings is 3. The summed E-state index contributed by atoms with van der Waals surface area (Å²) >= 11 is 0. The van der Waals surface area contributed by atoms with Crippen molar-refractivity contribution in [3.8, 4) is 5.75 Å². The molecule has 4 rings (SSSR count). The lowest BCUT2D eigenvalue weighted by Gasteiger charge is -2.22. The number of fused-ring (bicyclic) bond motifs is 1. The molecule has 0 saturated heterocycles. The number of alkyl halides is 3. The molecule has 0 fully saturated rings. The molecule has 3 aromatic carbocycles. The van der Waals surface area contributed by atoms with Gasteiger partial charge in [-0.05, 0) is 60.2 Å². The predicted octanol–water partition coefficient (Wildman–Crippen LogP) is 5.21. The van der Waals surface area contributed by atoms with Gasteiger partial charge in [-0.3, -0.25) is 14.6 Å². The molecular weight excluding hydrogens is 447 g/mol. The highest BCUT2D eigenvalue weighted by Crippen LogP contribution is 2.33. The molecule has 6 nitrogen and oxygen atoms in total. The van der Waals surface area contributed by atoms with Crippen molar-refractivity contribution in [2.75, 3.05) is 23.9 Å². The summed E-state index contributed by atoms with van der Waals surface area (Å²) in [7, 11) is 1.56. The molecule has 0 aliphatic carbocycles. The Morgan fingerprint density at radius 1 is 1.06 bits per heavy atom. The Hall–Kier alpha value is -4.14. The van der Waals surface area contributed by atoms with Gasteiger partial charge < -0.3 is 15.0 Å². The minimum absolute atomic E-state index is 0.00875. The van der Waals surface area contributed by atoms with Gasteiger partial charge in [0.05, 0.1) is 36.2 Å². The van der Waals surface area contributed by atoms with E-state index >= 15 is 0 Å². The lowest BCUT2D eigenvalue weighted by atomic mass is 10.1. The second kappa shape index (κ2) is 9.38. The van der Waals surface area contributed by atoms with E-state index in [0.29, 0.717) is 22.8 Å². The van der Waals surface area contributed by atoms with Crippen LogP contribution in [0.25, 0.3) is 0 Å². The van der Waals surface area contributed by atoms with Crippen LogP contribution in [0, 0.1) is 0 Å². The summed E-state index contributed by atoms with van der Waals surface area (Å²) in [6.07, 6.45) is -4.59. The van der Waals surface area contributed by atoms with Crippen molar-refractivity contribution in [2.45, 2.75) is 12.6 Å². The van der Waals surface area contributed by atoms with Crippen LogP contribution >= 0.6 is 0 Å². The first-order valence-electron chi connectivity index (χ1n) is 10.3. The molecule has 0 atom stereocenters. The summed E-state index contributed by atoms with van der Waals surface area (Å²) in [5.74, 6) is -0.327. The van der Waals surface area contributed by atoms with E-state index in [1.54, 1.807) is 55.6 Å². The van der Waals surface area contributed by atoms with E-state index in [4.69, 9.17) is 4.74 Å². The van der Waals surface area contributed by atoms with Gasteiger partial charge in [0.2, 0.25) is 11.8 Å². The number of amides is 2. The Bertz CT molecular complexity index is 1250. The summed E-state index contributed by atoms with van der Waals surface area (Å²) in [4.78, 5) is 31.8. The maximum absolute atomic E-state index is 13.1. The summed E-state index contributed by atoms with van der Waals surface area (Å²) in [5, 5.41) is 2.44. The minimum atomic E-state index is -4.53. The third kappa shape index (κ3) is 5.09. The van der Waals surface area contributed by atoms with Gasteiger partial charge in [0.1, 0.15) is 12.3 Å². The maximum atomic E-state index is 13.1. The van der Waals surface area contributed by atoms with Gasteiger partial charge in [0.15, 0.2) is 0 Å². The standard InChI is InChI=1S/C25H20F3N3O3/c1-34-19-11-9-16(10-12-19)21-14-24(33)31(22-8-3-2-7-20(22)30-21)15-23(32)29-18-6-4-5-17(13-18)25(26,27)28/h2-13H,14-15H2,1H3,(H,29,32). The number of methoxy groups -OCH3 is 1. The lowest BCUT2D eigenvalue weighted by molar-refractivity contribution is -0.137. The monoisotopic (exact) mass is 467 g/mol. The van der Waals surface area contributed by atoms with Crippen LogP contribution < -0.4 is 15.0 Å². The highest BCUT2D eigenvalue weighted by atomic mass is 19.4. The minimum Gasteiger partial charge on any atom is -0.497 e. The second-order valence-corrected chi connectivity index (χ2v) is 7.56. The molecule has 0 unspecified atom stereocenters. The quantitative estimate of drug-likeness (QED) is 0.560. The van der Waals surface area contributed by atoms with Crippen molar-refractivity contribution >= 4 is 34.6 Å². The average Bonchev–Trinajstić information content (AvgIpc) is 2.95.